The molecule has 3 aromatic carbocycles. The number of hydrogen-bond acceptors (Lipinski definition) is 3. The molecule has 0 spiro atoms. The first-order chi connectivity index (χ1) is 13.7. The summed E-state index contributed by atoms with van der Waals surface area (Å²) < 4.78 is 28.3. The van der Waals surface area contributed by atoms with E-state index in [1.54, 1.807) is 43.3 Å². The van der Waals surface area contributed by atoms with Crippen molar-refractivity contribution in [3.05, 3.63) is 87.4 Å². The van der Waals surface area contributed by atoms with Crippen LogP contribution in [-0.2, 0) is 10.0 Å². The Morgan fingerprint density at radius 1 is 0.862 bits per heavy atom. The summed E-state index contributed by atoms with van der Waals surface area (Å²) in [5, 5.41) is 3.05. The molecule has 0 aliphatic carbocycles. The number of halogens is 2. The lowest BCUT2D eigenvalue weighted by atomic mass is 10.1. The Balaban J connectivity index is 1.91. The number of benzene rings is 3. The second-order valence-corrected chi connectivity index (χ2v) is 8.97. The van der Waals surface area contributed by atoms with Crippen LogP contribution in [0.5, 0.6) is 0 Å². The third kappa shape index (κ3) is 4.90. The number of aryl methyl sites for hydroxylation is 2. The molecule has 0 saturated heterocycles. The first-order valence-electron chi connectivity index (χ1n) is 8.63. The van der Waals surface area contributed by atoms with Crippen molar-refractivity contribution in [1.82, 2.24) is 0 Å². The summed E-state index contributed by atoms with van der Waals surface area (Å²) in [6, 6.07) is 16.2. The van der Waals surface area contributed by atoms with Gasteiger partial charge in [0.1, 0.15) is 4.90 Å². The van der Waals surface area contributed by atoms with Gasteiger partial charge in [0.15, 0.2) is 0 Å². The van der Waals surface area contributed by atoms with E-state index in [1.165, 1.54) is 18.2 Å². The molecule has 0 unspecified atom stereocenters. The summed E-state index contributed by atoms with van der Waals surface area (Å²) in [7, 11) is -4.00. The molecule has 0 bridgehead atoms. The van der Waals surface area contributed by atoms with E-state index in [9.17, 15) is 13.2 Å². The Morgan fingerprint density at radius 2 is 1.59 bits per heavy atom. The van der Waals surface area contributed by atoms with E-state index in [1.807, 2.05) is 13.0 Å². The number of para-hydroxylation sites is 1. The van der Waals surface area contributed by atoms with Crippen molar-refractivity contribution in [2.24, 2.45) is 0 Å². The van der Waals surface area contributed by atoms with Crippen LogP contribution in [0.4, 0.5) is 11.4 Å². The van der Waals surface area contributed by atoms with Gasteiger partial charge in [-0.2, -0.15) is 0 Å². The van der Waals surface area contributed by atoms with Crippen molar-refractivity contribution in [2.45, 2.75) is 18.7 Å². The van der Waals surface area contributed by atoms with Crippen LogP contribution < -0.4 is 10.0 Å². The summed E-state index contributed by atoms with van der Waals surface area (Å²) in [5.74, 6) is -0.502. The number of rotatable bonds is 5. The molecule has 1 amide bonds. The molecule has 0 aromatic heterocycles. The van der Waals surface area contributed by atoms with E-state index in [0.717, 1.165) is 11.1 Å². The molecule has 29 heavy (non-hydrogen) atoms. The summed E-state index contributed by atoms with van der Waals surface area (Å²) in [6.45, 7) is 3.73. The topological polar surface area (TPSA) is 75.3 Å². The zero-order valence-corrected chi connectivity index (χ0v) is 18.0. The second-order valence-electron chi connectivity index (χ2n) is 6.50. The summed E-state index contributed by atoms with van der Waals surface area (Å²) in [6.07, 6.45) is 0. The van der Waals surface area contributed by atoms with E-state index >= 15 is 0 Å². The standard InChI is InChI=1S/C21H18Cl2N2O3S/c1-13-7-10-18(14(2)11-13)25-29(27,28)20-12-15(8-9-17(20)23)21(26)24-19-6-4-3-5-16(19)22/h3-12,25H,1-2H3,(H,24,26). The number of amides is 1. The highest BCUT2D eigenvalue weighted by molar-refractivity contribution is 7.92. The molecule has 0 heterocycles. The predicted octanol–water partition coefficient (Wildman–Crippen LogP) is 5.66. The fourth-order valence-corrected chi connectivity index (χ4v) is 4.58. The van der Waals surface area contributed by atoms with Gasteiger partial charge in [-0.3, -0.25) is 9.52 Å². The minimum absolute atomic E-state index is 0.0107. The molecule has 3 aromatic rings. The predicted molar refractivity (Wildman–Crippen MR) is 118 cm³/mol. The first kappa shape index (κ1) is 21.2. The van der Waals surface area contributed by atoms with Gasteiger partial charge in [0.2, 0.25) is 0 Å². The summed E-state index contributed by atoms with van der Waals surface area (Å²) in [4.78, 5) is 12.4. The largest absolute Gasteiger partial charge is 0.321 e. The third-order valence-corrected chi connectivity index (χ3v) is 6.41. The van der Waals surface area contributed by atoms with Crippen molar-refractivity contribution in [3.63, 3.8) is 0 Å². The van der Waals surface area contributed by atoms with Crippen LogP contribution >= 0.6 is 23.2 Å². The second kappa shape index (κ2) is 8.45. The highest BCUT2D eigenvalue weighted by atomic mass is 35.5. The molecule has 3 rings (SSSR count). The van der Waals surface area contributed by atoms with Gasteiger partial charge in [0.25, 0.3) is 15.9 Å². The Bertz CT molecular complexity index is 1190. The average molecular weight is 449 g/mol. The molecule has 0 aliphatic rings. The quantitative estimate of drug-likeness (QED) is 0.528. The minimum Gasteiger partial charge on any atom is -0.321 e. The maximum atomic E-state index is 12.9. The normalized spacial score (nSPS) is 11.2. The molecule has 2 N–H and O–H groups in total. The van der Waals surface area contributed by atoms with Crippen molar-refractivity contribution in [1.29, 1.82) is 0 Å². The summed E-state index contributed by atoms with van der Waals surface area (Å²) >= 11 is 12.2. The molecule has 0 radical (unpaired) electrons. The van der Waals surface area contributed by atoms with Crippen molar-refractivity contribution in [2.75, 3.05) is 10.0 Å². The van der Waals surface area contributed by atoms with E-state index < -0.39 is 15.9 Å². The molecule has 0 aliphatic heterocycles. The monoisotopic (exact) mass is 448 g/mol. The SMILES string of the molecule is Cc1ccc(NS(=O)(=O)c2cc(C(=O)Nc3ccccc3Cl)ccc2Cl)c(C)c1. The van der Waals surface area contributed by atoms with Gasteiger partial charge in [0, 0.05) is 5.56 Å². The van der Waals surface area contributed by atoms with Gasteiger partial charge < -0.3 is 5.32 Å². The molecule has 5 nitrogen and oxygen atoms in total. The van der Waals surface area contributed by atoms with Gasteiger partial charge >= 0.3 is 0 Å². The number of carbonyl (C=O) groups excluding carboxylic acids is 1. The smallest absolute Gasteiger partial charge is 0.263 e. The van der Waals surface area contributed by atoms with E-state index in [0.29, 0.717) is 16.4 Å². The fourth-order valence-electron chi connectivity index (χ4n) is 2.74. The Hall–Kier alpha value is -2.54. The van der Waals surface area contributed by atoms with Gasteiger partial charge in [-0.25, -0.2) is 8.42 Å². The maximum absolute atomic E-state index is 12.9. The Morgan fingerprint density at radius 3 is 2.28 bits per heavy atom. The van der Waals surface area contributed by atoms with Crippen molar-refractivity contribution >= 4 is 50.5 Å². The van der Waals surface area contributed by atoms with Crippen LogP contribution in [0.2, 0.25) is 10.0 Å². The zero-order chi connectivity index (χ0) is 21.2. The van der Waals surface area contributed by atoms with E-state index in [-0.39, 0.29) is 15.5 Å². The number of hydrogen-bond donors (Lipinski definition) is 2. The summed E-state index contributed by atoms with van der Waals surface area (Å²) in [5.41, 5.74) is 2.79. The van der Waals surface area contributed by atoms with Crippen molar-refractivity contribution < 1.29 is 13.2 Å². The molecule has 0 saturated carbocycles. The molecule has 0 fully saturated rings. The maximum Gasteiger partial charge on any atom is 0.263 e. The van der Waals surface area contributed by atoms with Crippen LogP contribution in [0, 0.1) is 13.8 Å². The number of anilines is 2. The number of sulfonamides is 1. The lowest BCUT2D eigenvalue weighted by Gasteiger charge is -2.13. The minimum atomic E-state index is -4.00. The highest BCUT2D eigenvalue weighted by Crippen LogP contribution is 2.27. The van der Waals surface area contributed by atoms with Gasteiger partial charge in [-0.05, 0) is 55.8 Å². The average Bonchev–Trinajstić information content (AvgIpc) is 2.66. The molecule has 150 valence electrons. The van der Waals surface area contributed by atoms with Crippen LogP contribution in [0.25, 0.3) is 0 Å². The molecular weight excluding hydrogens is 431 g/mol. The van der Waals surface area contributed by atoms with E-state index in [2.05, 4.69) is 10.0 Å². The number of nitrogens with one attached hydrogen (secondary N) is 2. The highest BCUT2D eigenvalue weighted by Gasteiger charge is 2.21. The van der Waals surface area contributed by atoms with Gasteiger partial charge in [-0.15, -0.1) is 0 Å². The van der Waals surface area contributed by atoms with Crippen LogP contribution in [0.3, 0.4) is 0 Å². The van der Waals surface area contributed by atoms with Gasteiger partial charge in [-0.1, -0.05) is 53.0 Å². The molecular formula is C21H18Cl2N2O3S. The molecule has 0 atom stereocenters. The lowest BCUT2D eigenvalue weighted by molar-refractivity contribution is 0.102. The van der Waals surface area contributed by atoms with Gasteiger partial charge in [0.05, 0.1) is 21.4 Å². The van der Waals surface area contributed by atoms with Crippen LogP contribution in [-0.4, -0.2) is 14.3 Å². The first-order valence-corrected chi connectivity index (χ1v) is 10.9. The Kier molecular flexibility index (Phi) is 6.17. The van der Waals surface area contributed by atoms with Crippen LogP contribution in [0.1, 0.15) is 21.5 Å². The third-order valence-electron chi connectivity index (χ3n) is 4.23. The van der Waals surface area contributed by atoms with E-state index in [4.69, 9.17) is 23.2 Å². The molecule has 8 heteroatoms. The lowest BCUT2D eigenvalue weighted by Crippen LogP contribution is -2.17. The Labute approximate surface area is 179 Å². The zero-order valence-electron chi connectivity index (χ0n) is 15.7. The van der Waals surface area contributed by atoms with Crippen molar-refractivity contribution in [3.8, 4) is 0 Å². The van der Waals surface area contributed by atoms with Crippen LogP contribution in [0.15, 0.2) is 65.6 Å². The number of carbonyl (C=O) groups is 1. The fraction of sp³-hybridized carbons (Fsp3) is 0.0952.